The first kappa shape index (κ1) is 22.1. The van der Waals surface area contributed by atoms with Gasteiger partial charge in [-0.3, -0.25) is 9.59 Å². The molecule has 0 aromatic heterocycles. The second-order valence-electron chi connectivity index (χ2n) is 8.59. The van der Waals surface area contributed by atoms with Gasteiger partial charge in [0.25, 0.3) is 0 Å². The zero-order valence-corrected chi connectivity index (χ0v) is 18.8. The van der Waals surface area contributed by atoms with Crippen LogP contribution in [0.5, 0.6) is 5.75 Å². The van der Waals surface area contributed by atoms with E-state index in [1.807, 2.05) is 4.90 Å². The number of hydrogen-bond donors (Lipinski definition) is 1. The monoisotopic (exact) mass is 449 g/mol. The summed E-state index contributed by atoms with van der Waals surface area (Å²) < 4.78 is 33.3. The molecule has 170 valence electrons. The van der Waals surface area contributed by atoms with Crippen LogP contribution < -0.4 is 10.1 Å². The van der Waals surface area contributed by atoms with E-state index in [-0.39, 0.29) is 28.5 Å². The number of nitrogens with one attached hydrogen (secondary N) is 1. The van der Waals surface area contributed by atoms with Crippen LogP contribution in [0.4, 0.5) is 5.69 Å². The summed E-state index contributed by atoms with van der Waals surface area (Å²) in [6.07, 6.45) is 5.11. The van der Waals surface area contributed by atoms with Crippen molar-refractivity contribution in [1.29, 1.82) is 0 Å². The molecule has 0 bridgehead atoms. The Balaban J connectivity index is 1.50. The van der Waals surface area contributed by atoms with Crippen LogP contribution in [0.1, 0.15) is 45.4 Å². The summed E-state index contributed by atoms with van der Waals surface area (Å²) >= 11 is 0. The van der Waals surface area contributed by atoms with Crippen molar-refractivity contribution in [3.05, 3.63) is 18.2 Å². The summed E-state index contributed by atoms with van der Waals surface area (Å²) in [6, 6.07) is 4.76. The minimum absolute atomic E-state index is 0.0863. The van der Waals surface area contributed by atoms with Crippen molar-refractivity contribution >= 4 is 27.5 Å². The summed E-state index contributed by atoms with van der Waals surface area (Å²) in [5.41, 5.74) is 0.428. The summed E-state index contributed by atoms with van der Waals surface area (Å²) in [4.78, 5) is 27.2. The molecule has 4 rings (SSSR count). The van der Waals surface area contributed by atoms with Crippen molar-refractivity contribution < 1.29 is 22.7 Å². The lowest BCUT2D eigenvalue weighted by atomic mass is 9.96. The zero-order chi connectivity index (χ0) is 22.0. The second kappa shape index (κ2) is 9.16. The van der Waals surface area contributed by atoms with Gasteiger partial charge in [0.05, 0.1) is 12.5 Å². The molecule has 3 aliphatic rings. The van der Waals surface area contributed by atoms with Crippen LogP contribution in [0.25, 0.3) is 0 Å². The number of amides is 2. The van der Waals surface area contributed by atoms with Crippen molar-refractivity contribution in [2.75, 3.05) is 38.1 Å². The SMILES string of the molecule is CCOc1ccc(NC(=O)C2CCCN(C(=O)C3CC3)C2)cc1S(=O)(=O)N1CCCC1. The smallest absolute Gasteiger partial charge is 0.246 e. The second-order valence-corrected chi connectivity index (χ2v) is 10.5. The van der Waals surface area contributed by atoms with Crippen LogP contribution in [-0.2, 0) is 19.6 Å². The van der Waals surface area contributed by atoms with E-state index in [9.17, 15) is 18.0 Å². The molecule has 1 atom stereocenters. The quantitative estimate of drug-likeness (QED) is 0.690. The van der Waals surface area contributed by atoms with Crippen molar-refractivity contribution in [2.24, 2.45) is 11.8 Å². The molecular formula is C22H31N3O5S. The fraction of sp³-hybridized carbons (Fsp3) is 0.636. The molecular weight excluding hydrogens is 418 g/mol. The molecule has 1 N–H and O–H groups in total. The Morgan fingerprint density at radius 1 is 1.06 bits per heavy atom. The topological polar surface area (TPSA) is 96.0 Å². The molecule has 9 heteroatoms. The summed E-state index contributed by atoms with van der Waals surface area (Å²) in [6.45, 7) is 4.28. The molecule has 1 unspecified atom stereocenters. The lowest BCUT2D eigenvalue weighted by molar-refractivity contribution is -0.135. The first-order valence-corrected chi connectivity index (χ1v) is 12.7. The van der Waals surface area contributed by atoms with Crippen LogP contribution in [0, 0.1) is 11.8 Å². The van der Waals surface area contributed by atoms with Crippen molar-refractivity contribution in [3.8, 4) is 5.75 Å². The maximum Gasteiger partial charge on any atom is 0.246 e. The van der Waals surface area contributed by atoms with Crippen molar-refractivity contribution in [1.82, 2.24) is 9.21 Å². The minimum atomic E-state index is -3.69. The van der Waals surface area contributed by atoms with Gasteiger partial charge in [-0.25, -0.2) is 8.42 Å². The van der Waals surface area contributed by atoms with Crippen LogP contribution in [0.2, 0.25) is 0 Å². The van der Waals surface area contributed by atoms with E-state index in [4.69, 9.17) is 4.74 Å². The van der Waals surface area contributed by atoms with Gasteiger partial charge < -0.3 is 15.0 Å². The third-order valence-electron chi connectivity index (χ3n) is 6.22. The molecule has 8 nitrogen and oxygen atoms in total. The zero-order valence-electron chi connectivity index (χ0n) is 18.0. The summed E-state index contributed by atoms with van der Waals surface area (Å²) in [5, 5.41) is 2.87. The Morgan fingerprint density at radius 2 is 1.81 bits per heavy atom. The number of rotatable bonds is 7. The van der Waals surface area contributed by atoms with Gasteiger partial charge in [-0.05, 0) is 63.6 Å². The van der Waals surface area contributed by atoms with Crippen molar-refractivity contribution in [3.63, 3.8) is 0 Å². The van der Waals surface area contributed by atoms with E-state index in [0.717, 1.165) is 38.5 Å². The highest BCUT2D eigenvalue weighted by atomic mass is 32.2. The number of hydrogen-bond acceptors (Lipinski definition) is 5. The van der Waals surface area contributed by atoms with Gasteiger partial charge in [-0.1, -0.05) is 0 Å². The predicted molar refractivity (Wildman–Crippen MR) is 116 cm³/mol. The Labute approximate surface area is 184 Å². The molecule has 2 heterocycles. The summed E-state index contributed by atoms with van der Waals surface area (Å²) in [7, 11) is -3.69. The molecule has 31 heavy (non-hydrogen) atoms. The van der Waals surface area contributed by atoms with E-state index < -0.39 is 10.0 Å². The van der Waals surface area contributed by atoms with E-state index in [0.29, 0.717) is 44.2 Å². The fourth-order valence-corrected chi connectivity index (χ4v) is 6.03. The van der Waals surface area contributed by atoms with Gasteiger partial charge in [0, 0.05) is 37.8 Å². The van der Waals surface area contributed by atoms with Crippen molar-refractivity contribution in [2.45, 2.75) is 50.3 Å². The molecule has 3 fully saturated rings. The molecule has 1 aromatic rings. The third-order valence-corrected chi connectivity index (χ3v) is 8.14. The third kappa shape index (κ3) is 4.87. The Bertz CT molecular complexity index is 938. The molecule has 0 radical (unpaired) electrons. The number of ether oxygens (including phenoxy) is 1. The van der Waals surface area contributed by atoms with E-state index in [1.54, 1.807) is 19.1 Å². The lowest BCUT2D eigenvalue weighted by Crippen LogP contribution is -2.44. The normalized spacial score (nSPS) is 22.4. The van der Waals surface area contributed by atoms with Crippen LogP contribution in [0.3, 0.4) is 0 Å². The van der Waals surface area contributed by atoms with Gasteiger partial charge in [0.1, 0.15) is 10.6 Å². The highest BCUT2D eigenvalue weighted by molar-refractivity contribution is 7.89. The Hall–Kier alpha value is -2.13. The van der Waals surface area contributed by atoms with Gasteiger partial charge in [0.15, 0.2) is 0 Å². The highest BCUT2D eigenvalue weighted by Crippen LogP contribution is 2.34. The number of benzene rings is 1. The number of carbonyl (C=O) groups is 2. The van der Waals surface area contributed by atoms with Gasteiger partial charge in [0.2, 0.25) is 21.8 Å². The largest absolute Gasteiger partial charge is 0.492 e. The molecule has 1 saturated carbocycles. The Morgan fingerprint density at radius 3 is 2.48 bits per heavy atom. The fourth-order valence-electron chi connectivity index (χ4n) is 4.35. The molecule has 2 aliphatic heterocycles. The lowest BCUT2D eigenvalue weighted by Gasteiger charge is -2.32. The predicted octanol–water partition coefficient (Wildman–Crippen LogP) is 2.46. The van der Waals surface area contributed by atoms with E-state index in [2.05, 4.69) is 5.32 Å². The first-order chi connectivity index (χ1) is 14.9. The van der Waals surface area contributed by atoms with E-state index in [1.165, 1.54) is 10.4 Å². The summed E-state index contributed by atoms with van der Waals surface area (Å²) in [5.74, 6) is 0.138. The first-order valence-electron chi connectivity index (χ1n) is 11.3. The number of nitrogens with zero attached hydrogens (tertiary/aromatic N) is 2. The number of likely N-dealkylation sites (tertiary alicyclic amines) is 1. The molecule has 0 spiro atoms. The van der Waals surface area contributed by atoms with E-state index >= 15 is 0 Å². The average Bonchev–Trinajstić information content (AvgIpc) is 3.46. The molecule has 2 amide bonds. The maximum atomic E-state index is 13.1. The van der Waals surface area contributed by atoms with Gasteiger partial charge in [-0.2, -0.15) is 4.31 Å². The Kier molecular flexibility index (Phi) is 6.52. The average molecular weight is 450 g/mol. The van der Waals surface area contributed by atoms with Crippen LogP contribution in [-0.4, -0.2) is 62.2 Å². The molecule has 1 aromatic carbocycles. The number of anilines is 1. The molecule has 2 saturated heterocycles. The highest BCUT2D eigenvalue weighted by Gasteiger charge is 2.37. The minimum Gasteiger partial charge on any atom is -0.492 e. The molecule has 1 aliphatic carbocycles. The number of carbonyl (C=O) groups excluding carboxylic acids is 2. The van der Waals surface area contributed by atoms with Crippen LogP contribution in [0.15, 0.2) is 23.1 Å². The van der Waals surface area contributed by atoms with Crippen LogP contribution >= 0.6 is 0 Å². The van der Waals surface area contributed by atoms with Gasteiger partial charge in [-0.15, -0.1) is 0 Å². The van der Waals surface area contributed by atoms with Gasteiger partial charge >= 0.3 is 0 Å². The maximum absolute atomic E-state index is 13.1. The standard InChI is InChI=1S/C22H31N3O5S/c1-2-30-19-10-9-18(14-20(19)31(28,29)25-12-3-4-13-25)23-21(26)17-6-5-11-24(15-17)22(27)16-7-8-16/h9-10,14,16-17H,2-8,11-13,15H2,1H3,(H,23,26). The number of sulfonamides is 1. The number of piperidine rings is 1.